The Morgan fingerprint density at radius 2 is 1.89 bits per heavy atom. The quantitative estimate of drug-likeness (QED) is 0.623. The van der Waals surface area contributed by atoms with Crippen LogP contribution in [0.2, 0.25) is 0 Å². The van der Waals surface area contributed by atoms with Crippen molar-refractivity contribution in [3.63, 3.8) is 0 Å². The van der Waals surface area contributed by atoms with E-state index in [1.807, 2.05) is 0 Å². The predicted octanol–water partition coefficient (Wildman–Crippen LogP) is 3.54. The van der Waals surface area contributed by atoms with Gasteiger partial charge in [-0.3, -0.25) is 14.4 Å². The number of hydrogen-bond donors (Lipinski definition) is 1. The van der Waals surface area contributed by atoms with Crippen molar-refractivity contribution in [3.8, 4) is 0 Å². The van der Waals surface area contributed by atoms with Crippen molar-refractivity contribution in [2.75, 3.05) is 20.2 Å². The fourth-order valence-corrected chi connectivity index (χ4v) is 5.01. The van der Waals surface area contributed by atoms with Gasteiger partial charge in [-0.15, -0.1) is 0 Å². The van der Waals surface area contributed by atoms with Gasteiger partial charge in [0.15, 0.2) is 0 Å². The molecule has 1 atom stereocenters. The number of aromatic nitrogens is 1. The zero-order valence-electron chi connectivity index (χ0n) is 20.3. The molecule has 0 bridgehead atoms. The molecule has 2 fully saturated rings. The zero-order chi connectivity index (χ0) is 24.8. The number of hydrogen-bond acceptors (Lipinski definition) is 4. The molecule has 7 nitrogen and oxygen atoms in total. The van der Waals surface area contributed by atoms with Gasteiger partial charge in [0.1, 0.15) is 16.9 Å². The summed E-state index contributed by atoms with van der Waals surface area (Å²) < 4.78 is 20.9. The Hall–Kier alpha value is -3.00. The van der Waals surface area contributed by atoms with E-state index in [1.54, 1.807) is 34.8 Å². The molecule has 1 saturated heterocycles. The SMILES string of the molecule is CN(C(=O)c1cn(CC2CCCO2)cc(C(=O)NCCc2cccc(F)c2)c1=O)C1CCCCC1. The van der Waals surface area contributed by atoms with Crippen LogP contribution in [0.1, 0.15) is 71.2 Å². The summed E-state index contributed by atoms with van der Waals surface area (Å²) in [6.07, 6.45) is 10.5. The van der Waals surface area contributed by atoms with E-state index in [2.05, 4.69) is 5.32 Å². The van der Waals surface area contributed by atoms with Gasteiger partial charge in [-0.2, -0.15) is 0 Å². The molecule has 1 aromatic heterocycles. The number of benzene rings is 1. The molecule has 1 N–H and O–H groups in total. The van der Waals surface area contributed by atoms with Gasteiger partial charge in [0.2, 0.25) is 5.43 Å². The second kappa shape index (κ2) is 11.6. The van der Waals surface area contributed by atoms with E-state index >= 15 is 0 Å². The van der Waals surface area contributed by atoms with Crippen LogP contribution < -0.4 is 10.7 Å². The second-order valence-corrected chi connectivity index (χ2v) is 9.59. The van der Waals surface area contributed by atoms with E-state index in [9.17, 15) is 18.8 Å². The van der Waals surface area contributed by atoms with Gasteiger partial charge >= 0.3 is 0 Å². The summed E-state index contributed by atoms with van der Waals surface area (Å²) in [7, 11) is 1.74. The van der Waals surface area contributed by atoms with Crippen LogP contribution in [0.5, 0.6) is 0 Å². The average molecular weight is 484 g/mol. The maximum Gasteiger partial charge on any atom is 0.259 e. The van der Waals surface area contributed by atoms with Crippen LogP contribution in [-0.4, -0.2) is 53.6 Å². The number of nitrogens with one attached hydrogen (secondary N) is 1. The molecule has 1 unspecified atom stereocenters. The molecule has 1 aliphatic heterocycles. The third kappa shape index (κ3) is 6.36. The molecule has 0 spiro atoms. The van der Waals surface area contributed by atoms with Crippen LogP contribution in [0.15, 0.2) is 41.5 Å². The van der Waals surface area contributed by atoms with E-state index < -0.39 is 11.3 Å². The molecule has 1 saturated carbocycles. The number of nitrogens with zero attached hydrogens (tertiary/aromatic N) is 2. The number of ether oxygens (including phenoxy) is 1. The maximum absolute atomic E-state index is 13.4. The van der Waals surface area contributed by atoms with Crippen molar-refractivity contribution in [3.05, 3.63) is 69.4 Å². The number of carbonyl (C=O) groups is 2. The Bertz CT molecular complexity index is 1100. The molecule has 0 radical (unpaired) electrons. The third-order valence-corrected chi connectivity index (χ3v) is 7.02. The highest BCUT2D eigenvalue weighted by Gasteiger charge is 2.27. The molecular formula is C27H34FN3O4. The highest BCUT2D eigenvalue weighted by atomic mass is 19.1. The summed E-state index contributed by atoms with van der Waals surface area (Å²) in [4.78, 5) is 41.3. The standard InChI is InChI=1S/C27H34FN3O4/c1-30(21-9-3-2-4-10-21)27(34)24-18-31(16-22-11-6-14-35-22)17-23(25(24)32)26(33)29-13-12-19-7-5-8-20(28)15-19/h5,7-8,15,17-18,21-22H,2-4,6,9-14,16H2,1H3,(H,29,33). The first-order valence-corrected chi connectivity index (χ1v) is 12.6. The summed E-state index contributed by atoms with van der Waals surface area (Å²) in [5.41, 5.74) is 0.127. The first-order valence-electron chi connectivity index (χ1n) is 12.6. The number of halogens is 1. The first kappa shape index (κ1) is 25.1. The maximum atomic E-state index is 13.4. The van der Waals surface area contributed by atoms with Gasteiger partial charge in [0, 0.05) is 45.2 Å². The third-order valence-electron chi connectivity index (χ3n) is 7.02. The lowest BCUT2D eigenvalue weighted by atomic mass is 9.94. The van der Waals surface area contributed by atoms with E-state index in [1.165, 1.54) is 18.3 Å². The molecule has 2 amide bonds. The lowest BCUT2D eigenvalue weighted by Gasteiger charge is -2.31. The van der Waals surface area contributed by atoms with Crippen LogP contribution in [-0.2, 0) is 17.7 Å². The van der Waals surface area contributed by atoms with Gasteiger partial charge in [0.05, 0.1) is 6.10 Å². The van der Waals surface area contributed by atoms with Crippen molar-refractivity contribution in [2.45, 2.75) is 70.1 Å². The molecule has 4 rings (SSSR count). The molecule has 35 heavy (non-hydrogen) atoms. The molecule has 1 aromatic carbocycles. The van der Waals surface area contributed by atoms with Crippen molar-refractivity contribution < 1.29 is 18.7 Å². The monoisotopic (exact) mass is 483 g/mol. The van der Waals surface area contributed by atoms with Crippen molar-refractivity contribution in [2.24, 2.45) is 0 Å². The van der Waals surface area contributed by atoms with E-state index in [0.717, 1.165) is 50.5 Å². The van der Waals surface area contributed by atoms with Crippen LogP contribution in [0, 0.1) is 5.82 Å². The van der Waals surface area contributed by atoms with Gasteiger partial charge in [-0.05, 0) is 49.8 Å². The summed E-state index contributed by atoms with van der Waals surface area (Å²) >= 11 is 0. The molecule has 188 valence electrons. The van der Waals surface area contributed by atoms with Crippen molar-refractivity contribution >= 4 is 11.8 Å². The highest BCUT2D eigenvalue weighted by molar-refractivity contribution is 5.99. The fourth-order valence-electron chi connectivity index (χ4n) is 5.01. The van der Waals surface area contributed by atoms with Gasteiger partial charge in [-0.1, -0.05) is 31.4 Å². The molecule has 2 aliphatic rings. The molecule has 1 aliphatic carbocycles. The number of rotatable bonds is 8. The summed E-state index contributed by atoms with van der Waals surface area (Å²) in [6, 6.07) is 6.29. The Labute approximate surface area is 205 Å². The van der Waals surface area contributed by atoms with Crippen LogP contribution >= 0.6 is 0 Å². The Morgan fingerprint density at radius 3 is 2.60 bits per heavy atom. The zero-order valence-corrected chi connectivity index (χ0v) is 20.3. The van der Waals surface area contributed by atoms with E-state index in [-0.39, 0.29) is 41.5 Å². The van der Waals surface area contributed by atoms with Gasteiger partial charge in [0.25, 0.3) is 11.8 Å². The Balaban J connectivity index is 1.55. The minimum absolute atomic E-state index is 0.00820. The van der Waals surface area contributed by atoms with Crippen molar-refractivity contribution in [1.82, 2.24) is 14.8 Å². The molecular weight excluding hydrogens is 449 g/mol. The van der Waals surface area contributed by atoms with Crippen molar-refractivity contribution in [1.29, 1.82) is 0 Å². The number of pyridine rings is 1. The molecule has 2 aromatic rings. The minimum Gasteiger partial charge on any atom is -0.376 e. The van der Waals surface area contributed by atoms with E-state index in [4.69, 9.17) is 4.74 Å². The van der Waals surface area contributed by atoms with Gasteiger partial charge < -0.3 is 19.5 Å². The smallest absolute Gasteiger partial charge is 0.259 e. The number of carbonyl (C=O) groups excluding carboxylic acids is 2. The lowest BCUT2D eigenvalue weighted by Crippen LogP contribution is -2.42. The first-order chi connectivity index (χ1) is 16.9. The van der Waals surface area contributed by atoms with Crippen LogP contribution in [0.3, 0.4) is 0 Å². The van der Waals surface area contributed by atoms with Crippen LogP contribution in [0.4, 0.5) is 4.39 Å². The highest BCUT2D eigenvalue weighted by Crippen LogP contribution is 2.23. The Morgan fingerprint density at radius 1 is 1.11 bits per heavy atom. The largest absolute Gasteiger partial charge is 0.376 e. The normalized spacial score (nSPS) is 18.4. The Kier molecular flexibility index (Phi) is 8.33. The predicted molar refractivity (Wildman–Crippen MR) is 131 cm³/mol. The second-order valence-electron chi connectivity index (χ2n) is 9.59. The molecule has 2 heterocycles. The summed E-state index contributed by atoms with van der Waals surface area (Å²) in [5, 5.41) is 2.76. The number of amides is 2. The summed E-state index contributed by atoms with van der Waals surface area (Å²) in [5.74, 6) is -1.22. The topological polar surface area (TPSA) is 80.6 Å². The van der Waals surface area contributed by atoms with Gasteiger partial charge in [-0.25, -0.2) is 4.39 Å². The minimum atomic E-state index is -0.565. The average Bonchev–Trinajstić information content (AvgIpc) is 3.37. The fraction of sp³-hybridized carbons (Fsp3) is 0.519. The summed E-state index contributed by atoms with van der Waals surface area (Å²) in [6.45, 7) is 1.40. The van der Waals surface area contributed by atoms with Crippen LogP contribution in [0.25, 0.3) is 0 Å². The molecule has 8 heteroatoms. The van der Waals surface area contributed by atoms with E-state index in [0.29, 0.717) is 19.6 Å². The lowest BCUT2D eigenvalue weighted by molar-refractivity contribution is 0.0692.